The number of nitrogens with zero attached hydrogens (tertiary/aromatic N) is 1. The summed E-state index contributed by atoms with van der Waals surface area (Å²) >= 11 is 2.07. The van der Waals surface area contributed by atoms with Gasteiger partial charge in [0.2, 0.25) is 0 Å². The highest BCUT2D eigenvalue weighted by molar-refractivity contribution is 7.99. The van der Waals surface area contributed by atoms with Gasteiger partial charge in [0, 0.05) is 31.5 Å². The van der Waals surface area contributed by atoms with E-state index in [9.17, 15) is 0 Å². The van der Waals surface area contributed by atoms with Gasteiger partial charge < -0.3 is 10.2 Å². The van der Waals surface area contributed by atoms with Gasteiger partial charge in [0.25, 0.3) is 0 Å². The van der Waals surface area contributed by atoms with Crippen molar-refractivity contribution in [2.24, 2.45) is 0 Å². The number of benzene rings is 1. The van der Waals surface area contributed by atoms with Crippen molar-refractivity contribution in [3.05, 3.63) is 23.8 Å². The van der Waals surface area contributed by atoms with E-state index in [-0.39, 0.29) is 0 Å². The Morgan fingerprint density at radius 3 is 2.59 bits per heavy atom. The van der Waals surface area contributed by atoms with Crippen LogP contribution in [-0.2, 0) is 0 Å². The molecular weight excluding hydrogens is 228 g/mol. The largest absolute Gasteiger partial charge is 0.382 e. The van der Waals surface area contributed by atoms with E-state index in [0.717, 1.165) is 0 Å². The minimum atomic E-state index is 0.661. The second-order valence-electron chi connectivity index (χ2n) is 4.93. The number of anilines is 2. The van der Waals surface area contributed by atoms with Gasteiger partial charge in [-0.15, -0.1) is 0 Å². The van der Waals surface area contributed by atoms with Crippen LogP contribution >= 0.6 is 11.8 Å². The summed E-state index contributed by atoms with van der Waals surface area (Å²) in [6.45, 7) is 2.16. The zero-order valence-electron chi connectivity index (χ0n) is 11.0. The van der Waals surface area contributed by atoms with Crippen molar-refractivity contribution in [3.63, 3.8) is 0 Å². The first kappa shape index (κ1) is 12.6. The van der Waals surface area contributed by atoms with Crippen LogP contribution in [0.1, 0.15) is 18.4 Å². The molecule has 1 aliphatic heterocycles. The van der Waals surface area contributed by atoms with Gasteiger partial charge in [0.05, 0.1) is 0 Å². The van der Waals surface area contributed by atoms with E-state index in [1.807, 2.05) is 0 Å². The molecule has 0 unspecified atom stereocenters. The molecule has 0 aromatic heterocycles. The number of aryl methyl sites for hydroxylation is 1. The molecule has 2 nitrogen and oxygen atoms in total. The van der Waals surface area contributed by atoms with Crippen LogP contribution < -0.4 is 10.2 Å². The monoisotopic (exact) mass is 250 g/mol. The molecule has 0 saturated carbocycles. The second kappa shape index (κ2) is 5.67. The lowest BCUT2D eigenvalue weighted by Crippen LogP contribution is -2.24. The third kappa shape index (κ3) is 3.32. The SMILES string of the molecule is Cc1ccc(NC2CCSCC2)cc1N(C)C. The lowest BCUT2D eigenvalue weighted by Gasteiger charge is -2.25. The van der Waals surface area contributed by atoms with E-state index >= 15 is 0 Å². The van der Waals surface area contributed by atoms with Gasteiger partial charge in [-0.2, -0.15) is 11.8 Å². The van der Waals surface area contributed by atoms with Crippen molar-refractivity contribution < 1.29 is 0 Å². The van der Waals surface area contributed by atoms with Crippen molar-refractivity contribution >= 4 is 23.1 Å². The Labute approximate surface area is 109 Å². The lowest BCUT2D eigenvalue weighted by molar-refractivity contribution is 0.667. The predicted molar refractivity (Wildman–Crippen MR) is 79.5 cm³/mol. The molecule has 1 heterocycles. The van der Waals surface area contributed by atoms with E-state index in [1.54, 1.807) is 0 Å². The van der Waals surface area contributed by atoms with Gasteiger partial charge >= 0.3 is 0 Å². The summed E-state index contributed by atoms with van der Waals surface area (Å²) in [5, 5.41) is 3.66. The molecule has 1 saturated heterocycles. The van der Waals surface area contributed by atoms with Crippen LogP contribution in [-0.4, -0.2) is 31.6 Å². The van der Waals surface area contributed by atoms with Crippen LogP contribution in [0, 0.1) is 6.92 Å². The Balaban J connectivity index is 2.07. The molecular formula is C14H22N2S. The number of hydrogen-bond acceptors (Lipinski definition) is 3. The number of rotatable bonds is 3. The normalized spacial score (nSPS) is 16.9. The predicted octanol–water partition coefficient (Wildman–Crippen LogP) is 3.37. The van der Waals surface area contributed by atoms with Crippen molar-refractivity contribution in [3.8, 4) is 0 Å². The number of thioether (sulfide) groups is 1. The van der Waals surface area contributed by atoms with E-state index in [4.69, 9.17) is 0 Å². The Morgan fingerprint density at radius 2 is 1.94 bits per heavy atom. The molecule has 0 amide bonds. The van der Waals surface area contributed by atoms with Crippen LogP contribution in [0.5, 0.6) is 0 Å². The van der Waals surface area contributed by atoms with Crippen molar-refractivity contribution in [2.75, 3.05) is 35.8 Å². The maximum atomic E-state index is 3.66. The summed E-state index contributed by atoms with van der Waals surface area (Å²) in [4.78, 5) is 2.18. The molecule has 0 aliphatic carbocycles. The first-order valence-electron chi connectivity index (χ1n) is 6.29. The minimum absolute atomic E-state index is 0.661. The highest BCUT2D eigenvalue weighted by Crippen LogP contribution is 2.25. The summed E-state index contributed by atoms with van der Waals surface area (Å²) in [7, 11) is 4.20. The molecule has 1 N–H and O–H groups in total. The van der Waals surface area contributed by atoms with E-state index < -0.39 is 0 Å². The topological polar surface area (TPSA) is 15.3 Å². The van der Waals surface area contributed by atoms with Gasteiger partial charge in [-0.1, -0.05) is 6.07 Å². The van der Waals surface area contributed by atoms with Crippen LogP contribution in [0.4, 0.5) is 11.4 Å². The molecule has 3 heteroatoms. The highest BCUT2D eigenvalue weighted by atomic mass is 32.2. The summed E-state index contributed by atoms with van der Waals surface area (Å²) in [6, 6.07) is 7.32. The zero-order chi connectivity index (χ0) is 12.3. The van der Waals surface area contributed by atoms with Gasteiger partial charge in [0.15, 0.2) is 0 Å². The Bertz CT molecular complexity index is 370. The van der Waals surface area contributed by atoms with Gasteiger partial charge in [-0.3, -0.25) is 0 Å². The molecule has 1 aromatic rings. The summed E-state index contributed by atoms with van der Waals surface area (Å²) in [5.41, 5.74) is 3.90. The van der Waals surface area contributed by atoms with Crippen LogP contribution in [0.15, 0.2) is 18.2 Å². The summed E-state index contributed by atoms with van der Waals surface area (Å²) in [6.07, 6.45) is 2.58. The van der Waals surface area contributed by atoms with Crippen molar-refractivity contribution in [1.82, 2.24) is 0 Å². The molecule has 94 valence electrons. The molecule has 1 aliphatic rings. The third-order valence-electron chi connectivity index (χ3n) is 3.28. The Hall–Kier alpha value is -0.830. The van der Waals surface area contributed by atoms with Crippen LogP contribution in [0.3, 0.4) is 0 Å². The van der Waals surface area contributed by atoms with E-state index in [2.05, 4.69) is 61.2 Å². The van der Waals surface area contributed by atoms with E-state index in [0.29, 0.717) is 6.04 Å². The zero-order valence-corrected chi connectivity index (χ0v) is 11.8. The highest BCUT2D eigenvalue weighted by Gasteiger charge is 2.13. The average Bonchev–Trinajstić information content (AvgIpc) is 2.32. The number of nitrogens with one attached hydrogen (secondary N) is 1. The average molecular weight is 250 g/mol. The molecule has 0 radical (unpaired) electrons. The van der Waals surface area contributed by atoms with Crippen molar-refractivity contribution in [2.45, 2.75) is 25.8 Å². The summed E-state index contributed by atoms with van der Waals surface area (Å²) < 4.78 is 0. The lowest BCUT2D eigenvalue weighted by atomic mass is 10.1. The fourth-order valence-corrected chi connectivity index (χ4v) is 3.37. The van der Waals surface area contributed by atoms with Gasteiger partial charge in [0.1, 0.15) is 0 Å². The fourth-order valence-electron chi connectivity index (χ4n) is 2.26. The third-order valence-corrected chi connectivity index (χ3v) is 4.33. The maximum Gasteiger partial charge on any atom is 0.0411 e. The fraction of sp³-hybridized carbons (Fsp3) is 0.571. The van der Waals surface area contributed by atoms with Crippen molar-refractivity contribution in [1.29, 1.82) is 0 Å². The Morgan fingerprint density at radius 1 is 1.24 bits per heavy atom. The van der Waals surface area contributed by atoms with Crippen LogP contribution in [0.25, 0.3) is 0 Å². The maximum absolute atomic E-state index is 3.66. The van der Waals surface area contributed by atoms with Crippen LogP contribution in [0.2, 0.25) is 0 Å². The summed E-state index contributed by atoms with van der Waals surface area (Å²) in [5.74, 6) is 2.59. The quantitative estimate of drug-likeness (QED) is 0.885. The minimum Gasteiger partial charge on any atom is -0.382 e. The molecule has 2 rings (SSSR count). The molecule has 1 fully saturated rings. The first-order valence-corrected chi connectivity index (χ1v) is 7.44. The molecule has 17 heavy (non-hydrogen) atoms. The first-order chi connectivity index (χ1) is 8.16. The van der Waals surface area contributed by atoms with Gasteiger partial charge in [-0.05, 0) is 49.0 Å². The molecule has 1 aromatic carbocycles. The standard InChI is InChI=1S/C14H22N2S/c1-11-4-5-13(10-14(11)16(2)3)15-12-6-8-17-9-7-12/h4-5,10,12,15H,6-9H2,1-3H3. The van der Waals surface area contributed by atoms with Gasteiger partial charge in [-0.25, -0.2) is 0 Å². The molecule has 0 atom stereocenters. The molecule has 0 spiro atoms. The smallest absolute Gasteiger partial charge is 0.0411 e. The number of hydrogen-bond donors (Lipinski definition) is 1. The molecule has 0 bridgehead atoms. The van der Waals surface area contributed by atoms with E-state index in [1.165, 1.54) is 41.3 Å². The second-order valence-corrected chi connectivity index (χ2v) is 6.15. The Kier molecular flexibility index (Phi) is 4.21.